The quantitative estimate of drug-likeness (QED) is 0.706. The average molecular weight is 320 g/mol. The highest BCUT2D eigenvalue weighted by Crippen LogP contribution is 2.33. The molecule has 1 N–H and O–H groups in total. The largest absolute Gasteiger partial charge is 0.478 e. The summed E-state index contributed by atoms with van der Waals surface area (Å²) in [6.45, 7) is 0. The summed E-state index contributed by atoms with van der Waals surface area (Å²) in [5.74, 6) is -2.74. The van der Waals surface area contributed by atoms with Crippen LogP contribution in [0.5, 0.6) is 0 Å². The van der Waals surface area contributed by atoms with Crippen LogP contribution in [0.1, 0.15) is 10.4 Å². The molecule has 0 spiro atoms. The second-order valence-corrected chi connectivity index (χ2v) is 5.05. The van der Waals surface area contributed by atoms with Crippen molar-refractivity contribution in [3.8, 4) is 11.1 Å². The molecule has 0 aliphatic carbocycles. The maximum absolute atomic E-state index is 14.1. The minimum Gasteiger partial charge on any atom is -0.478 e. The highest BCUT2D eigenvalue weighted by Gasteiger charge is 2.14. The Morgan fingerprint density at radius 3 is 2.55 bits per heavy atom. The van der Waals surface area contributed by atoms with Gasteiger partial charge < -0.3 is 5.11 Å². The Bertz CT molecular complexity index is 912. The van der Waals surface area contributed by atoms with Gasteiger partial charge in [-0.3, -0.25) is 4.98 Å². The maximum atomic E-state index is 14.1. The van der Waals surface area contributed by atoms with Gasteiger partial charge in [0.15, 0.2) is 0 Å². The number of aromatic nitrogens is 1. The van der Waals surface area contributed by atoms with E-state index in [9.17, 15) is 13.6 Å². The fourth-order valence-electron chi connectivity index (χ4n) is 2.24. The van der Waals surface area contributed by atoms with E-state index in [1.54, 1.807) is 0 Å². The van der Waals surface area contributed by atoms with Crippen molar-refractivity contribution in [2.75, 3.05) is 0 Å². The zero-order chi connectivity index (χ0) is 15.9. The molecule has 0 saturated heterocycles. The molecule has 3 rings (SSSR count). The molecule has 6 heteroatoms. The van der Waals surface area contributed by atoms with Gasteiger partial charge in [-0.2, -0.15) is 0 Å². The number of hydrogen-bond donors (Lipinski definition) is 1. The molecule has 0 fully saturated rings. The molecular formula is C16H8ClF2NO2. The number of carbonyl (C=O) groups is 1. The Balaban J connectivity index is 2.33. The van der Waals surface area contributed by atoms with Crippen LogP contribution in [0.3, 0.4) is 0 Å². The summed E-state index contributed by atoms with van der Waals surface area (Å²) in [5.41, 5.74) is 1.03. The van der Waals surface area contributed by atoms with Gasteiger partial charge in [-0.25, -0.2) is 13.6 Å². The van der Waals surface area contributed by atoms with Gasteiger partial charge in [0.1, 0.15) is 11.6 Å². The van der Waals surface area contributed by atoms with E-state index in [4.69, 9.17) is 16.7 Å². The third kappa shape index (κ3) is 2.40. The molecule has 0 saturated carbocycles. The Hall–Kier alpha value is -2.53. The van der Waals surface area contributed by atoms with Crippen LogP contribution in [-0.4, -0.2) is 16.1 Å². The fraction of sp³-hybridized carbons (Fsp3) is 0. The van der Waals surface area contributed by atoms with Crippen molar-refractivity contribution in [1.29, 1.82) is 0 Å². The van der Waals surface area contributed by atoms with Gasteiger partial charge in [-0.05, 0) is 35.9 Å². The number of aromatic carboxylic acids is 1. The Morgan fingerprint density at radius 2 is 1.82 bits per heavy atom. The van der Waals surface area contributed by atoms with Gasteiger partial charge >= 0.3 is 5.97 Å². The molecule has 0 atom stereocenters. The first-order valence-corrected chi connectivity index (χ1v) is 6.62. The Kier molecular flexibility index (Phi) is 3.50. The summed E-state index contributed by atoms with van der Waals surface area (Å²) >= 11 is 5.72. The second-order valence-electron chi connectivity index (χ2n) is 4.64. The topological polar surface area (TPSA) is 50.2 Å². The molecule has 3 aromatic rings. The van der Waals surface area contributed by atoms with Gasteiger partial charge in [0.2, 0.25) is 0 Å². The van der Waals surface area contributed by atoms with Gasteiger partial charge in [0.05, 0.1) is 16.1 Å². The number of carboxylic acids is 1. The number of nitrogens with zero attached hydrogens (tertiary/aromatic N) is 1. The van der Waals surface area contributed by atoms with E-state index in [1.165, 1.54) is 36.5 Å². The number of hydrogen-bond acceptors (Lipinski definition) is 2. The SMILES string of the molecule is O=C(O)c1ccc2nccc(-c3cc(Cl)c(F)cc3F)c2c1. The van der Waals surface area contributed by atoms with Crippen molar-refractivity contribution in [3.63, 3.8) is 0 Å². The minimum absolute atomic E-state index is 0.0513. The molecule has 0 amide bonds. The predicted octanol–water partition coefficient (Wildman–Crippen LogP) is 4.53. The molecule has 1 aromatic heterocycles. The summed E-state index contributed by atoms with van der Waals surface area (Å²) in [5, 5.41) is 9.31. The Morgan fingerprint density at radius 1 is 1.05 bits per heavy atom. The average Bonchev–Trinajstić information content (AvgIpc) is 2.50. The lowest BCUT2D eigenvalue weighted by molar-refractivity contribution is 0.0697. The summed E-state index contributed by atoms with van der Waals surface area (Å²) in [7, 11) is 0. The van der Waals surface area contributed by atoms with Crippen LogP contribution in [-0.2, 0) is 0 Å². The van der Waals surface area contributed by atoms with Crippen LogP contribution < -0.4 is 0 Å². The van der Waals surface area contributed by atoms with Crippen molar-refractivity contribution >= 4 is 28.5 Å². The van der Waals surface area contributed by atoms with Crippen LogP contribution in [0.25, 0.3) is 22.0 Å². The van der Waals surface area contributed by atoms with Crippen molar-refractivity contribution in [2.24, 2.45) is 0 Å². The van der Waals surface area contributed by atoms with E-state index in [2.05, 4.69) is 4.98 Å². The summed E-state index contributed by atoms with van der Waals surface area (Å²) < 4.78 is 27.4. The van der Waals surface area contributed by atoms with Gasteiger partial charge in [-0.1, -0.05) is 11.6 Å². The predicted molar refractivity (Wildman–Crippen MR) is 79.1 cm³/mol. The highest BCUT2D eigenvalue weighted by molar-refractivity contribution is 6.31. The normalized spacial score (nSPS) is 10.9. The van der Waals surface area contributed by atoms with E-state index >= 15 is 0 Å². The van der Waals surface area contributed by atoms with Crippen molar-refractivity contribution < 1.29 is 18.7 Å². The number of pyridine rings is 1. The van der Waals surface area contributed by atoms with Crippen molar-refractivity contribution in [3.05, 3.63) is 64.8 Å². The first-order valence-electron chi connectivity index (χ1n) is 6.24. The van der Waals surface area contributed by atoms with Crippen LogP contribution in [0.15, 0.2) is 42.6 Å². The fourth-order valence-corrected chi connectivity index (χ4v) is 2.41. The van der Waals surface area contributed by atoms with Crippen LogP contribution in [0.2, 0.25) is 5.02 Å². The molecule has 0 aliphatic heterocycles. The highest BCUT2D eigenvalue weighted by atomic mass is 35.5. The number of carboxylic acid groups (broad SMARTS) is 1. The smallest absolute Gasteiger partial charge is 0.335 e. The van der Waals surface area contributed by atoms with E-state index in [1.807, 2.05) is 0 Å². The summed E-state index contributed by atoms with van der Waals surface area (Å²) in [6.07, 6.45) is 1.47. The van der Waals surface area contributed by atoms with Gasteiger partial charge in [0, 0.05) is 23.2 Å². The third-order valence-electron chi connectivity index (χ3n) is 3.29. The molecule has 0 bridgehead atoms. The first-order chi connectivity index (χ1) is 10.5. The standard InChI is InChI=1S/C16H8ClF2NO2/c17-12-6-10(13(18)7-14(12)19)9-3-4-20-15-2-1-8(16(21)22)5-11(9)15/h1-7H,(H,21,22). The van der Waals surface area contributed by atoms with Crippen molar-refractivity contribution in [2.45, 2.75) is 0 Å². The third-order valence-corrected chi connectivity index (χ3v) is 3.58. The zero-order valence-corrected chi connectivity index (χ0v) is 11.7. The van der Waals surface area contributed by atoms with E-state index in [0.717, 1.165) is 0 Å². The molecule has 1 heterocycles. The van der Waals surface area contributed by atoms with Crippen LogP contribution in [0, 0.1) is 11.6 Å². The Labute approximate surface area is 128 Å². The van der Waals surface area contributed by atoms with Gasteiger partial charge in [-0.15, -0.1) is 0 Å². The molecule has 0 unspecified atom stereocenters. The lowest BCUT2D eigenvalue weighted by Gasteiger charge is -2.09. The molecule has 2 aromatic carbocycles. The molecular weight excluding hydrogens is 312 g/mol. The lowest BCUT2D eigenvalue weighted by Crippen LogP contribution is -1.97. The van der Waals surface area contributed by atoms with Crippen molar-refractivity contribution in [1.82, 2.24) is 4.98 Å². The molecule has 0 radical (unpaired) electrons. The summed E-state index contributed by atoms with van der Waals surface area (Å²) in [6, 6.07) is 7.75. The number of halogens is 3. The number of benzene rings is 2. The van der Waals surface area contributed by atoms with E-state index in [-0.39, 0.29) is 16.1 Å². The molecule has 110 valence electrons. The number of fused-ring (bicyclic) bond motifs is 1. The maximum Gasteiger partial charge on any atom is 0.335 e. The van der Waals surface area contributed by atoms with E-state index in [0.29, 0.717) is 22.5 Å². The number of rotatable bonds is 2. The summed E-state index contributed by atoms with van der Waals surface area (Å²) in [4.78, 5) is 15.2. The van der Waals surface area contributed by atoms with Crippen LogP contribution >= 0.6 is 11.6 Å². The monoisotopic (exact) mass is 319 g/mol. The molecule has 3 nitrogen and oxygen atoms in total. The minimum atomic E-state index is -1.10. The molecule has 0 aliphatic rings. The lowest BCUT2D eigenvalue weighted by atomic mass is 9.99. The zero-order valence-electron chi connectivity index (χ0n) is 11.0. The van der Waals surface area contributed by atoms with Gasteiger partial charge in [0.25, 0.3) is 0 Å². The van der Waals surface area contributed by atoms with E-state index < -0.39 is 17.6 Å². The second kappa shape index (κ2) is 5.35. The van der Waals surface area contributed by atoms with Crippen LogP contribution in [0.4, 0.5) is 8.78 Å². The molecule has 22 heavy (non-hydrogen) atoms. The first kappa shape index (κ1) is 14.4.